The summed E-state index contributed by atoms with van der Waals surface area (Å²) in [6.45, 7) is 13.1. The van der Waals surface area contributed by atoms with E-state index in [9.17, 15) is 14.7 Å². The number of hydrogen-bond acceptors (Lipinski definition) is 6. The zero-order chi connectivity index (χ0) is 28.9. The van der Waals surface area contributed by atoms with Gasteiger partial charge in [0, 0.05) is 37.4 Å². The number of nitrogens with zero attached hydrogens (tertiary/aromatic N) is 3. The normalized spacial score (nSPS) is 31.9. The molecule has 0 bridgehead atoms. The monoisotopic (exact) mass is 563 g/mol. The van der Waals surface area contributed by atoms with Crippen LogP contribution in [0.2, 0.25) is 0 Å². The minimum absolute atomic E-state index is 0.184. The molecule has 7 rings (SSSR count). The highest BCUT2D eigenvalue weighted by Crippen LogP contribution is 2.54. The molecule has 4 heterocycles. The number of likely N-dealkylation sites (tertiary alicyclic amines) is 2. The summed E-state index contributed by atoms with van der Waals surface area (Å²) in [5.41, 5.74) is 2.10. The van der Waals surface area contributed by atoms with Crippen LogP contribution in [0.3, 0.4) is 0 Å². The fourth-order valence-electron chi connectivity index (χ4n) is 8.16. The summed E-state index contributed by atoms with van der Waals surface area (Å²) >= 11 is 0. The molecule has 1 aromatic carbocycles. The highest BCUT2D eigenvalue weighted by molar-refractivity contribution is 6.62. The molecule has 1 aromatic rings. The molecule has 9 heteroatoms. The lowest BCUT2D eigenvalue weighted by atomic mass is 9.71. The summed E-state index contributed by atoms with van der Waals surface area (Å²) in [5.74, 6) is -0.0706. The predicted molar refractivity (Wildman–Crippen MR) is 158 cm³/mol. The first-order valence-corrected chi connectivity index (χ1v) is 15.9. The van der Waals surface area contributed by atoms with Crippen LogP contribution >= 0.6 is 0 Å². The van der Waals surface area contributed by atoms with Gasteiger partial charge in [-0.05, 0) is 115 Å². The van der Waals surface area contributed by atoms with E-state index in [0.29, 0.717) is 37.4 Å². The average molecular weight is 564 g/mol. The lowest BCUT2D eigenvalue weighted by Crippen LogP contribution is -2.59. The number of amides is 2. The summed E-state index contributed by atoms with van der Waals surface area (Å²) < 4.78 is 12.8. The molecule has 4 aliphatic heterocycles. The van der Waals surface area contributed by atoms with Gasteiger partial charge in [0.15, 0.2) is 0 Å². The molecular weight excluding hydrogens is 517 g/mol. The van der Waals surface area contributed by atoms with Crippen LogP contribution in [0.4, 0.5) is 5.69 Å². The number of anilines is 1. The Kier molecular flexibility index (Phi) is 6.31. The second kappa shape index (κ2) is 9.28. The fourth-order valence-corrected chi connectivity index (χ4v) is 8.16. The van der Waals surface area contributed by atoms with Gasteiger partial charge in [-0.25, -0.2) is 0 Å². The molecule has 0 radical (unpaired) electrons. The lowest BCUT2D eigenvalue weighted by Gasteiger charge is -2.49. The maximum Gasteiger partial charge on any atom is 0.494 e. The molecule has 0 aromatic heterocycles. The van der Waals surface area contributed by atoms with E-state index in [4.69, 9.17) is 9.31 Å². The Morgan fingerprint density at radius 2 is 1.63 bits per heavy atom. The van der Waals surface area contributed by atoms with E-state index < -0.39 is 29.8 Å². The van der Waals surface area contributed by atoms with Gasteiger partial charge in [-0.15, -0.1) is 0 Å². The van der Waals surface area contributed by atoms with Crippen LogP contribution in [0.1, 0.15) is 91.5 Å². The predicted octanol–water partition coefficient (Wildman–Crippen LogP) is 2.98. The summed E-state index contributed by atoms with van der Waals surface area (Å²) in [6, 6.07) is 7.08. The van der Waals surface area contributed by atoms with E-state index in [1.54, 1.807) is 4.90 Å². The van der Waals surface area contributed by atoms with Crippen molar-refractivity contribution in [1.82, 2.24) is 9.80 Å². The summed E-state index contributed by atoms with van der Waals surface area (Å²) in [5, 5.41) is 9.88. The summed E-state index contributed by atoms with van der Waals surface area (Å²) in [6.07, 6.45) is 7.63. The van der Waals surface area contributed by atoms with Gasteiger partial charge in [-0.1, -0.05) is 12.1 Å². The molecule has 2 spiro atoms. The van der Waals surface area contributed by atoms with Crippen LogP contribution < -0.4 is 10.4 Å². The van der Waals surface area contributed by atoms with Gasteiger partial charge in [0.1, 0.15) is 6.10 Å². The molecule has 222 valence electrons. The summed E-state index contributed by atoms with van der Waals surface area (Å²) in [7, 11) is -0.485. The van der Waals surface area contributed by atoms with Crippen LogP contribution in [0.25, 0.3) is 0 Å². The van der Waals surface area contributed by atoms with Crippen LogP contribution in [0, 0.1) is 5.41 Å². The first-order valence-electron chi connectivity index (χ1n) is 15.9. The van der Waals surface area contributed by atoms with E-state index in [2.05, 4.69) is 55.7 Å². The van der Waals surface area contributed by atoms with Crippen LogP contribution in [0.5, 0.6) is 0 Å². The van der Waals surface area contributed by atoms with Crippen molar-refractivity contribution in [3.63, 3.8) is 0 Å². The van der Waals surface area contributed by atoms with Crippen LogP contribution in [-0.2, 0) is 24.3 Å². The van der Waals surface area contributed by atoms with Crippen molar-refractivity contribution in [2.45, 2.75) is 121 Å². The third-order valence-corrected chi connectivity index (χ3v) is 11.9. The Labute approximate surface area is 244 Å². The molecule has 2 saturated carbocycles. The first kappa shape index (κ1) is 27.9. The van der Waals surface area contributed by atoms with Crippen molar-refractivity contribution < 1.29 is 24.0 Å². The lowest BCUT2D eigenvalue weighted by molar-refractivity contribution is -0.142. The minimum atomic E-state index is -1.02. The zero-order valence-corrected chi connectivity index (χ0v) is 25.4. The largest absolute Gasteiger partial charge is 0.494 e. The number of hydrogen-bond donors (Lipinski definition) is 1. The van der Waals surface area contributed by atoms with Gasteiger partial charge >= 0.3 is 7.12 Å². The topological polar surface area (TPSA) is 82.6 Å². The smallest absolute Gasteiger partial charge is 0.399 e. The maximum atomic E-state index is 14.5. The van der Waals surface area contributed by atoms with Gasteiger partial charge in [0.2, 0.25) is 5.91 Å². The molecule has 2 aliphatic carbocycles. The fraction of sp³-hybridized carbons (Fsp3) is 0.750. The second-order valence-corrected chi connectivity index (χ2v) is 15.0. The quantitative estimate of drug-likeness (QED) is 0.568. The van der Waals surface area contributed by atoms with E-state index in [-0.39, 0.29) is 17.9 Å². The van der Waals surface area contributed by atoms with Gasteiger partial charge < -0.3 is 24.2 Å². The van der Waals surface area contributed by atoms with Crippen LogP contribution in [-0.4, -0.2) is 89.4 Å². The molecule has 5 fully saturated rings. The number of fused-ring (bicyclic) bond motifs is 2. The number of piperidine rings is 2. The Hall–Kier alpha value is -1.94. The number of aliphatic hydroxyl groups excluding tert-OH is 1. The van der Waals surface area contributed by atoms with E-state index in [1.165, 1.54) is 45.7 Å². The molecule has 3 saturated heterocycles. The number of rotatable bonds is 4. The van der Waals surface area contributed by atoms with Crippen molar-refractivity contribution in [2.75, 3.05) is 31.1 Å². The van der Waals surface area contributed by atoms with Crippen LogP contribution in [0.15, 0.2) is 18.2 Å². The Balaban J connectivity index is 1.17. The van der Waals surface area contributed by atoms with Crippen molar-refractivity contribution in [3.8, 4) is 0 Å². The third-order valence-electron chi connectivity index (χ3n) is 11.9. The van der Waals surface area contributed by atoms with Crippen molar-refractivity contribution >= 4 is 30.1 Å². The van der Waals surface area contributed by atoms with Crippen molar-refractivity contribution in [1.29, 1.82) is 0 Å². The number of carbonyl (C=O) groups is 2. The number of benzene rings is 1. The van der Waals surface area contributed by atoms with E-state index >= 15 is 0 Å². The second-order valence-electron chi connectivity index (χ2n) is 15.0. The average Bonchev–Trinajstić information content (AvgIpc) is 3.55. The number of carbonyl (C=O) groups excluding carboxylic acids is 2. The van der Waals surface area contributed by atoms with E-state index in [1.807, 2.05) is 0 Å². The Bertz CT molecular complexity index is 1230. The molecule has 2 amide bonds. The third kappa shape index (κ3) is 4.32. The molecule has 1 atom stereocenters. The molecule has 0 unspecified atom stereocenters. The standard InChI is InChI=1S/C32H46BN3O5/c1-21(37)27(38)34-15-12-32(13-16-34)25-8-7-22(33-40-29(2,3)30(4,5)41-33)17-26(25)36(28(32)39)24-18-23(19-24)35-14-6-9-31(20-35)10-11-31/h7-8,17,21,23-24,37H,6,9-16,18-20H2,1-5H3/t21-,23-,24+/m1/s1. The molecule has 6 aliphatic rings. The maximum absolute atomic E-state index is 14.5. The van der Waals surface area contributed by atoms with Gasteiger partial charge in [0.05, 0.1) is 16.6 Å². The summed E-state index contributed by atoms with van der Waals surface area (Å²) in [4.78, 5) is 33.6. The molecular formula is C32H46BN3O5. The Morgan fingerprint density at radius 3 is 2.24 bits per heavy atom. The highest BCUT2D eigenvalue weighted by Gasteiger charge is 2.58. The minimum Gasteiger partial charge on any atom is -0.399 e. The Morgan fingerprint density at radius 1 is 0.976 bits per heavy atom. The van der Waals surface area contributed by atoms with E-state index in [0.717, 1.165) is 29.6 Å². The zero-order valence-electron chi connectivity index (χ0n) is 25.4. The van der Waals surface area contributed by atoms with Crippen molar-refractivity contribution in [3.05, 3.63) is 23.8 Å². The molecule has 41 heavy (non-hydrogen) atoms. The number of aliphatic hydroxyl groups is 1. The first-order chi connectivity index (χ1) is 19.3. The van der Waals surface area contributed by atoms with Gasteiger partial charge in [0.25, 0.3) is 5.91 Å². The highest BCUT2D eigenvalue weighted by atomic mass is 16.7. The van der Waals surface area contributed by atoms with Crippen molar-refractivity contribution in [2.24, 2.45) is 5.41 Å². The van der Waals surface area contributed by atoms with Gasteiger partial charge in [-0.3, -0.25) is 14.5 Å². The molecule has 8 nitrogen and oxygen atoms in total. The van der Waals surface area contributed by atoms with Gasteiger partial charge in [-0.2, -0.15) is 0 Å². The SMILES string of the molecule is C[C@@H](O)C(=O)N1CCC2(CC1)C(=O)N([C@H]1C[C@@H](N3CCCC4(CC4)C3)C1)c1cc(B3OC(C)(C)C(C)(C)O3)ccc12. The molecule has 1 N–H and O–H groups in total.